The molecule has 19 heavy (non-hydrogen) atoms. The molecule has 0 aromatic carbocycles. The summed E-state index contributed by atoms with van der Waals surface area (Å²) in [5.74, 6) is 0.0115. The second kappa shape index (κ2) is 4.36. The van der Waals surface area contributed by atoms with Gasteiger partial charge in [0.05, 0.1) is 11.4 Å². The predicted octanol–water partition coefficient (Wildman–Crippen LogP) is 1.31. The van der Waals surface area contributed by atoms with Gasteiger partial charge in [0.1, 0.15) is 17.4 Å². The van der Waals surface area contributed by atoms with Gasteiger partial charge in [-0.15, -0.1) is 11.8 Å². The first-order valence-electron chi connectivity index (χ1n) is 6.23. The van der Waals surface area contributed by atoms with Crippen molar-refractivity contribution in [3.05, 3.63) is 24.1 Å². The van der Waals surface area contributed by atoms with Gasteiger partial charge in [0, 0.05) is 18.1 Å². The fourth-order valence-electron chi connectivity index (χ4n) is 3.00. The number of thioether (sulfide) groups is 1. The van der Waals surface area contributed by atoms with Crippen LogP contribution in [-0.2, 0) is 4.79 Å². The molecule has 2 fully saturated rings. The number of fused-ring (bicyclic) bond motifs is 1. The van der Waals surface area contributed by atoms with Crippen molar-refractivity contribution < 1.29 is 9.18 Å². The van der Waals surface area contributed by atoms with Crippen LogP contribution in [0.25, 0.3) is 0 Å². The van der Waals surface area contributed by atoms with Crippen LogP contribution in [-0.4, -0.2) is 33.5 Å². The number of halogens is 1. The monoisotopic (exact) mass is 279 g/mol. The van der Waals surface area contributed by atoms with Crippen LogP contribution < -0.4 is 5.73 Å². The molecule has 1 amide bonds. The Morgan fingerprint density at radius 1 is 1.63 bits per heavy atom. The second-order valence-corrected chi connectivity index (χ2v) is 6.39. The Hall–Kier alpha value is -1.32. The predicted molar refractivity (Wildman–Crippen MR) is 70.5 cm³/mol. The molecule has 4 atom stereocenters. The molecule has 0 radical (unpaired) electrons. The fourth-order valence-corrected chi connectivity index (χ4v) is 4.43. The first kappa shape index (κ1) is 12.7. The molecule has 6 heteroatoms. The van der Waals surface area contributed by atoms with Crippen LogP contribution in [0.4, 0.5) is 4.39 Å². The van der Waals surface area contributed by atoms with Gasteiger partial charge in [-0.05, 0) is 18.6 Å². The molecule has 0 aromatic rings. The van der Waals surface area contributed by atoms with Crippen LogP contribution >= 0.6 is 11.8 Å². The summed E-state index contributed by atoms with van der Waals surface area (Å²) in [6.07, 6.45) is 5.48. The summed E-state index contributed by atoms with van der Waals surface area (Å²) in [7, 11) is 0. The summed E-state index contributed by atoms with van der Waals surface area (Å²) < 4.78 is 13.0. The van der Waals surface area contributed by atoms with Crippen LogP contribution in [0, 0.1) is 17.2 Å². The van der Waals surface area contributed by atoms with Crippen molar-refractivity contribution in [3.8, 4) is 6.07 Å². The Morgan fingerprint density at radius 2 is 2.42 bits per heavy atom. The van der Waals surface area contributed by atoms with Crippen LogP contribution in [0.15, 0.2) is 24.1 Å². The van der Waals surface area contributed by atoms with Crippen molar-refractivity contribution in [2.45, 2.75) is 29.8 Å². The molecule has 2 unspecified atom stereocenters. The van der Waals surface area contributed by atoms with E-state index in [-0.39, 0.29) is 29.1 Å². The maximum atomic E-state index is 13.0. The maximum Gasteiger partial charge on any atom is 0.245 e. The average Bonchev–Trinajstić information content (AvgIpc) is 2.90. The van der Waals surface area contributed by atoms with Crippen molar-refractivity contribution in [1.29, 1.82) is 5.26 Å². The van der Waals surface area contributed by atoms with E-state index in [1.54, 1.807) is 22.7 Å². The first-order chi connectivity index (χ1) is 9.06. The summed E-state index contributed by atoms with van der Waals surface area (Å²) in [6, 6.07) is 1.77. The van der Waals surface area contributed by atoms with Gasteiger partial charge in [-0.1, -0.05) is 6.08 Å². The lowest BCUT2D eigenvalue weighted by Crippen LogP contribution is -2.54. The lowest BCUT2D eigenvalue weighted by atomic mass is 9.79. The standard InChI is InChI=1S/C13H14FN3OS/c14-9-3-1-8(2-4-9)13(16)5-11-17(12(13)18)10(6-15)7-19-11/h1,3-4,8,10-11H,2,5,7,16H2/t8?,10-,11+,13?/m1/s1. The number of amides is 1. The molecule has 2 saturated heterocycles. The van der Waals surface area contributed by atoms with Gasteiger partial charge in [-0.3, -0.25) is 4.79 Å². The van der Waals surface area contributed by atoms with E-state index in [1.165, 1.54) is 12.2 Å². The van der Waals surface area contributed by atoms with E-state index in [1.807, 2.05) is 0 Å². The zero-order chi connectivity index (χ0) is 13.6. The van der Waals surface area contributed by atoms with Crippen molar-refractivity contribution >= 4 is 17.7 Å². The lowest BCUT2D eigenvalue weighted by Gasteiger charge is -2.31. The van der Waals surface area contributed by atoms with Crippen LogP contribution in [0.5, 0.6) is 0 Å². The molecule has 3 rings (SSSR count). The average molecular weight is 279 g/mol. The lowest BCUT2D eigenvalue weighted by molar-refractivity contribution is -0.134. The van der Waals surface area contributed by atoms with Crippen molar-refractivity contribution in [3.63, 3.8) is 0 Å². The first-order valence-corrected chi connectivity index (χ1v) is 7.28. The minimum absolute atomic E-state index is 0.00805. The molecule has 0 bridgehead atoms. The highest BCUT2D eigenvalue weighted by atomic mass is 32.2. The minimum atomic E-state index is -0.999. The van der Waals surface area contributed by atoms with Crippen molar-refractivity contribution in [1.82, 2.24) is 4.90 Å². The molecule has 4 nitrogen and oxygen atoms in total. The van der Waals surface area contributed by atoms with Gasteiger partial charge in [0.25, 0.3) is 0 Å². The number of hydrogen-bond donors (Lipinski definition) is 1. The van der Waals surface area contributed by atoms with E-state index in [9.17, 15) is 9.18 Å². The van der Waals surface area contributed by atoms with Gasteiger partial charge in [0.15, 0.2) is 0 Å². The highest BCUT2D eigenvalue weighted by Gasteiger charge is 2.57. The highest BCUT2D eigenvalue weighted by molar-refractivity contribution is 8.00. The van der Waals surface area contributed by atoms with Crippen molar-refractivity contribution in [2.75, 3.05) is 5.75 Å². The molecule has 0 aromatic heterocycles. The maximum absolute atomic E-state index is 13.0. The summed E-state index contributed by atoms with van der Waals surface area (Å²) in [4.78, 5) is 14.2. The number of hydrogen-bond acceptors (Lipinski definition) is 4. The molecule has 1 aliphatic carbocycles. The number of carbonyl (C=O) groups is 1. The summed E-state index contributed by atoms with van der Waals surface area (Å²) in [5.41, 5.74) is 5.31. The number of nitrogens with two attached hydrogens (primary N) is 1. The molecule has 2 heterocycles. The molecule has 0 spiro atoms. The van der Waals surface area contributed by atoms with Gasteiger partial charge < -0.3 is 10.6 Å². The van der Waals surface area contributed by atoms with Crippen LogP contribution in [0.3, 0.4) is 0 Å². The minimum Gasteiger partial charge on any atom is -0.317 e. The normalized spacial score (nSPS) is 41.1. The third kappa shape index (κ3) is 1.80. The molecule has 2 N–H and O–H groups in total. The van der Waals surface area contributed by atoms with E-state index in [0.29, 0.717) is 18.6 Å². The third-order valence-electron chi connectivity index (χ3n) is 4.10. The van der Waals surface area contributed by atoms with E-state index >= 15 is 0 Å². The molecule has 3 aliphatic rings. The SMILES string of the molecule is N#C[C@@H]1CS[C@H]2CC(N)(C3C=CC(F)=CC3)C(=O)N12. The Kier molecular flexibility index (Phi) is 2.91. The Bertz CT molecular complexity index is 526. The van der Waals surface area contributed by atoms with E-state index in [0.717, 1.165) is 0 Å². The molecule has 0 saturated carbocycles. The van der Waals surface area contributed by atoms with Crippen molar-refractivity contribution in [2.24, 2.45) is 11.7 Å². The van der Waals surface area contributed by atoms with Gasteiger partial charge in [-0.25, -0.2) is 4.39 Å². The van der Waals surface area contributed by atoms with Crippen LogP contribution in [0.2, 0.25) is 0 Å². The van der Waals surface area contributed by atoms with Crippen LogP contribution in [0.1, 0.15) is 12.8 Å². The smallest absolute Gasteiger partial charge is 0.245 e. The Balaban J connectivity index is 1.86. The van der Waals surface area contributed by atoms with E-state index in [2.05, 4.69) is 6.07 Å². The number of carbonyl (C=O) groups excluding carboxylic acids is 1. The summed E-state index contributed by atoms with van der Waals surface area (Å²) in [6.45, 7) is 0. The molecule has 100 valence electrons. The largest absolute Gasteiger partial charge is 0.317 e. The Morgan fingerprint density at radius 3 is 3.05 bits per heavy atom. The van der Waals surface area contributed by atoms with Gasteiger partial charge in [0.2, 0.25) is 5.91 Å². The zero-order valence-electron chi connectivity index (χ0n) is 10.3. The zero-order valence-corrected chi connectivity index (χ0v) is 11.1. The van der Waals surface area contributed by atoms with Gasteiger partial charge in [-0.2, -0.15) is 5.26 Å². The molecular weight excluding hydrogens is 265 g/mol. The Labute approximate surface area is 115 Å². The summed E-state index contributed by atoms with van der Waals surface area (Å²) in [5, 5.41) is 9.07. The third-order valence-corrected chi connectivity index (χ3v) is 5.39. The number of nitrogens with zero attached hydrogens (tertiary/aromatic N) is 2. The van der Waals surface area contributed by atoms with E-state index in [4.69, 9.17) is 11.0 Å². The quantitative estimate of drug-likeness (QED) is 0.785. The fraction of sp³-hybridized carbons (Fsp3) is 0.538. The summed E-state index contributed by atoms with van der Waals surface area (Å²) >= 11 is 1.61. The number of rotatable bonds is 1. The number of nitriles is 1. The van der Waals surface area contributed by atoms with E-state index < -0.39 is 5.54 Å². The molecule has 2 aliphatic heterocycles. The second-order valence-electron chi connectivity index (χ2n) is 5.18. The highest BCUT2D eigenvalue weighted by Crippen LogP contribution is 2.45. The van der Waals surface area contributed by atoms with Gasteiger partial charge >= 0.3 is 0 Å². The molecular formula is C13H14FN3OS. The topological polar surface area (TPSA) is 70.1 Å². The number of allylic oxidation sites excluding steroid dienone is 3.